The summed E-state index contributed by atoms with van der Waals surface area (Å²) in [6, 6.07) is 80.9. The maximum absolute atomic E-state index is 6.93. The second kappa shape index (κ2) is 16.6. The van der Waals surface area contributed by atoms with Crippen LogP contribution in [0.3, 0.4) is 0 Å². The molecule has 68 heavy (non-hydrogen) atoms. The molecule has 0 saturated heterocycles. The van der Waals surface area contributed by atoms with Crippen LogP contribution in [0.1, 0.15) is 18.4 Å². The summed E-state index contributed by atoms with van der Waals surface area (Å²) >= 11 is 0. The lowest BCUT2D eigenvalue weighted by Gasteiger charge is -2.14. The molecule has 0 N–H and O–H groups in total. The first kappa shape index (κ1) is 39.6. The van der Waals surface area contributed by atoms with Crippen LogP contribution < -0.4 is 0 Å². The number of hydrogen-bond donors (Lipinski definition) is 0. The van der Waals surface area contributed by atoms with Gasteiger partial charge in [0.15, 0.2) is 11.2 Å². The van der Waals surface area contributed by atoms with Gasteiger partial charge in [0.1, 0.15) is 11.2 Å². The predicted octanol–water partition coefficient (Wildman–Crippen LogP) is 18.9. The number of benzene rings is 10. The topological polar surface area (TPSA) is 26.3 Å². The van der Waals surface area contributed by atoms with Crippen LogP contribution in [-0.2, 0) is 0 Å². The van der Waals surface area contributed by atoms with Crippen molar-refractivity contribution in [1.29, 1.82) is 0 Å². The summed E-state index contributed by atoms with van der Waals surface area (Å²) in [6.45, 7) is 0. The Morgan fingerprint density at radius 2 is 0.603 bits per heavy atom. The first-order chi connectivity index (χ1) is 33.7. The molecule has 10 aromatic carbocycles. The van der Waals surface area contributed by atoms with Gasteiger partial charge >= 0.3 is 0 Å². The Morgan fingerprint density at radius 3 is 0.985 bits per heavy atom. The quantitative estimate of drug-likeness (QED) is 0.152. The zero-order chi connectivity index (χ0) is 45.0. The third-order valence-corrected chi connectivity index (χ3v) is 13.7. The fourth-order valence-electron chi connectivity index (χ4n) is 10.2. The van der Waals surface area contributed by atoms with Gasteiger partial charge in [-0.2, -0.15) is 0 Å². The summed E-state index contributed by atoms with van der Waals surface area (Å²) in [7, 11) is 0. The van der Waals surface area contributed by atoms with Crippen LogP contribution in [0.5, 0.6) is 0 Å². The first-order valence-corrected chi connectivity index (χ1v) is 23.5. The van der Waals surface area contributed by atoms with Crippen molar-refractivity contribution in [3.05, 3.63) is 248 Å². The smallest absolute Gasteiger partial charge is 0.178 e. The van der Waals surface area contributed by atoms with E-state index in [1.165, 1.54) is 61.2 Å². The molecule has 320 valence electrons. The van der Waals surface area contributed by atoms with Gasteiger partial charge in [-0.25, -0.2) is 0 Å². The molecule has 0 fully saturated rings. The molecule has 0 unspecified atom stereocenters. The van der Waals surface area contributed by atoms with Crippen molar-refractivity contribution in [2.45, 2.75) is 12.8 Å². The van der Waals surface area contributed by atoms with E-state index < -0.39 is 0 Å². The van der Waals surface area contributed by atoms with Crippen LogP contribution in [0.4, 0.5) is 0 Å². The van der Waals surface area contributed by atoms with Crippen LogP contribution in [0, 0.1) is 0 Å². The van der Waals surface area contributed by atoms with E-state index >= 15 is 0 Å². The lowest BCUT2D eigenvalue weighted by atomic mass is 9.91. The number of rotatable bonds is 8. The fraction of sp³-hybridized carbons (Fsp3) is 0.0303. The molecule has 1 aliphatic rings. The van der Waals surface area contributed by atoms with Gasteiger partial charge < -0.3 is 8.83 Å². The maximum Gasteiger partial charge on any atom is 0.178 e. The largest absolute Gasteiger partial charge is 0.451 e. The molecule has 1 aliphatic carbocycles. The SMILES string of the molecule is C1=CC(c2cc(-c3ccccc3)cc(-c3ccc(-c4cccc5c4oc4c5ccc5c6cccc(-c7ccc(-c8cc(-c9ccccc9)cc(-c9ccccc9)c8)cc7)c6oc54)cc3)c2)=CCC1. The van der Waals surface area contributed by atoms with E-state index in [0.717, 1.165) is 84.5 Å². The molecule has 0 amide bonds. The Morgan fingerprint density at radius 1 is 0.250 bits per heavy atom. The zero-order valence-corrected chi connectivity index (χ0v) is 37.3. The van der Waals surface area contributed by atoms with Crippen LogP contribution >= 0.6 is 0 Å². The van der Waals surface area contributed by atoms with Gasteiger partial charge in [0, 0.05) is 32.7 Å². The van der Waals surface area contributed by atoms with Gasteiger partial charge in [0.25, 0.3) is 0 Å². The third-order valence-electron chi connectivity index (χ3n) is 13.7. The van der Waals surface area contributed by atoms with Crippen molar-refractivity contribution in [3.8, 4) is 77.9 Å². The summed E-state index contributed by atoms with van der Waals surface area (Å²) in [5, 5.41) is 4.22. The molecule has 12 aromatic rings. The highest BCUT2D eigenvalue weighted by Gasteiger charge is 2.20. The molecule has 2 heteroatoms. The van der Waals surface area contributed by atoms with Crippen LogP contribution in [0.2, 0.25) is 0 Å². The average molecular weight is 869 g/mol. The molecular formula is C66H44O2. The van der Waals surface area contributed by atoms with E-state index in [1.807, 2.05) is 0 Å². The highest BCUT2D eigenvalue weighted by molar-refractivity contribution is 6.21. The maximum atomic E-state index is 6.93. The van der Waals surface area contributed by atoms with E-state index in [4.69, 9.17) is 8.83 Å². The van der Waals surface area contributed by atoms with E-state index in [0.29, 0.717) is 0 Å². The lowest BCUT2D eigenvalue weighted by molar-refractivity contribution is 0.634. The Hall–Kier alpha value is -8.72. The second-order valence-electron chi connectivity index (χ2n) is 17.9. The summed E-state index contributed by atoms with van der Waals surface area (Å²) in [5.41, 5.74) is 22.0. The number of para-hydroxylation sites is 2. The lowest BCUT2D eigenvalue weighted by Crippen LogP contribution is -1.90. The molecule has 2 aromatic heterocycles. The standard InChI is InChI=1S/C66H44O2/c1-5-15-43(16-6-1)51-37-52(44-17-7-2-8-18-44)40-55(39-51)47-27-31-49(32-28-47)57-23-13-25-59-61-35-36-62-60-26-14-24-58(64(60)68-66(62)65(61)67-63(57)59)50-33-29-48(30-34-50)56-41-53(45-19-9-3-10-20-45)38-54(42-56)46-21-11-4-12-22-46/h1-3,5-11,13-42H,4,12H2. The van der Waals surface area contributed by atoms with E-state index in [2.05, 4.69) is 243 Å². The summed E-state index contributed by atoms with van der Waals surface area (Å²) in [4.78, 5) is 0. The number of allylic oxidation sites excluding steroid dienone is 4. The second-order valence-corrected chi connectivity index (χ2v) is 17.9. The minimum atomic E-state index is 0.766. The molecule has 0 radical (unpaired) electrons. The Kier molecular flexibility index (Phi) is 9.68. The minimum absolute atomic E-state index is 0.766. The molecule has 2 nitrogen and oxygen atoms in total. The van der Waals surface area contributed by atoms with Crippen LogP contribution in [0.25, 0.3) is 127 Å². The minimum Gasteiger partial charge on any atom is -0.451 e. The summed E-state index contributed by atoms with van der Waals surface area (Å²) in [5.74, 6) is 0. The van der Waals surface area contributed by atoms with Crippen molar-refractivity contribution < 1.29 is 8.83 Å². The van der Waals surface area contributed by atoms with Gasteiger partial charge in [-0.3, -0.25) is 0 Å². The average Bonchev–Trinajstić information content (AvgIpc) is 4.01. The Bertz CT molecular complexity index is 3850. The van der Waals surface area contributed by atoms with Crippen molar-refractivity contribution in [2.24, 2.45) is 0 Å². The molecule has 0 aliphatic heterocycles. The van der Waals surface area contributed by atoms with Gasteiger partial charge in [-0.15, -0.1) is 0 Å². The van der Waals surface area contributed by atoms with Gasteiger partial charge in [-0.05, 0) is 139 Å². The first-order valence-electron chi connectivity index (χ1n) is 23.5. The molecule has 2 heterocycles. The van der Waals surface area contributed by atoms with Crippen molar-refractivity contribution in [3.63, 3.8) is 0 Å². The van der Waals surface area contributed by atoms with Crippen LogP contribution in [-0.4, -0.2) is 0 Å². The number of hydrogen-bond acceptors (Lipinski definition) is 2. The van der Waals surface area contributed by atoms with Crippen molar-refractivity contribution >= 4 is 49.5 Å². The highest BCUT2D eigenvalue weighted by atomic mass is 16.4. The van der Waals surface area contributed by atoms with Gasteiger partial charge in [-0.1, -0.05) is 194 Å². The highest BCUT2D eigenvalue weighted by Crippen LogP contribution is 2.44. The van der Waals surface area contributed by atoms with E-state index in [9.17, 15) is 0 Å². The van der Waals surface area contributed by atoms with Crippen molar-refractivity contribution in [1.82, 2.24) is 0 Å². The number of furan rings is 2. The normalized spacial score (nSPS) is 12.6. The molecule has 0 spiro atoms. The molecule has 13 rings (SSSR count). The van der Waals surface area contributed by atoms with Crippen molar-refractivity contribution in [2.75, 3.05) is 0 Å². The molecule has 0 bridgehead atoms. The van der Waals surface area contributed by atoms with E-state index in [1.54, 1.807) is 0 Å². The Balaban J connectivity index is 0.857. The monoisotopic (exact) mass is 868 g/mol. The Labute approximate surface area is 395 Å². The van der Waals surface area contributed by atoms with Crippen LogP contribution in [0.15, 0.2) is 252 Å². The predicted molar refractivity (Wildman–Crippen MR) is 285 cm³/mol. The summed E-state index contributed by atoms with van der Waals surface area (Å²) in [6.07, 6.45) is 9.06. The zero-order valence-electron chi connectivity index (χ0n) is 37.3. The molecular weight excluding hydrogens is 825 g/mol. The number of fused-ring (bicyclic) bond motifs is 7. The summed E-state index contributed by atoms with van der Waals surface area (Å²) < 4.78 is 13.9. The van der Waals surface area contributed by atoms with E-state index in [-0.39, 0.29) is 0 Å². The fourth-order valence-corrected chi connectivity index (χ4v) is 10.2. The third kappa shape index (κ3) is 7.06. The van der Waals surface area contributed by atoms with Gasteiger partial charge in [0.2, 0.25) is 0 Å². The molecule has 0 atom stereocenters. The molecule has 0 saturated carbocycles. The van der Waals surface area contributed by atoms with Gasteiger partial charge in [0.05, 0.1) is 0 Å².